The van der Waals surface area contributed by atoms with Gasteiger partial charge >= 0.3 is 0 Å². The zero-order valence-electron chi connectivity index (χ0n) is 23.3. The minimum atomic E-state index is -1.14. The van der Waals surface area contributed by atoms with Crippen LogP contribution in [0.15, 0.2) is 0 Å². The van der Waals surface area contributed by atoms with Crippen molar-refractivity contribution in [2.45, 2.75) is 143 Å². The van der Waals surface area contributed by atoms with Crippen molar-refractivity contribution in [2.75, 3.05) is 0 Å². The smallest absolute Gasteiger partial charge is 0.0849 e. The van der Waals surface area contributed by atoms with Gasteiger partial charge in [0.1, 0.15) is 0 Å². The Morgan fingerprint density at radius 2 is 1.41 bits per heavy atom. The molecule has 4 saturated carbocycles. The minimum absolute atomic E-state index is 0.0186. The van der Waals surface area contributed by atoms with Gasteiger partial charge < -0.3 is 20.4 Å². The first-order chi connectivity index (χ1) is 15.4. The van der Waals surface area contributed by atoms with Crippen molar-refractivity contribution in [1.29, 1.82) is 0 Å². The average molecular weight is 479 g/mol. The lowest BCUT2D eigenvalue weighted by molar-refractivity contribution is -0.225. The molecule has 0 aromatic heterocycles. The highest BCUT2D eigenvalue weighted by atomic mass is 16.3. The van der Waals surface area contributed by atoms with Gasteiger partial charge in [-0.25, -0.2) is 0 Å². The quantitative estimate of drug-likeness (QED) is 0.409. The van der Waals surface area contributed by atoms with Gasteiger partial charge in [0.05, 0.1) is 23.4 Å². The first-order valence-electron chi connectivity index (χ1n) is 14.2. The Hall–Kier alpha value is -0.160. The Labute approximate surface area is 208 Å². The van der Waals surface area contributed by atoms with Crippen LogP contribution in [0.5, 0.6) is 0 Å². The molecule has 34 heavy (non-hydrogen) atoms. The third-order valence-electron chi connectivity index (χ3n) is 12.9. The predicted octanol–water partition coefficient (Wildman–Crippen LogP) is 5.70. The third-order valence-corrected chi connectivity index (χ3v) is 12.9. The highest BCUT2D eigenvalue weighted by molar-refractivity contribution is 5.18. The van der Waals surface area contributed by atoms with Crippen LogP contribution in [0.2, 0.25) is 0 Å². The van der Waals surface area contributed by atoms with E-state index < -0.39 is 17.3 Å². The van der Waals surface area contributed by atoms with Crippen molar-refractivity contribution in [1.82, 2.24) is 0 Å². The summed E-state index contributed by atoms with van der Waals surface area (Å²) in [5, 5.41) is 43.1. The summed E-state index contributed by atoms with van der Waals surface area (Å²) in [6.45, 7) is 17.6. The Morgan fingerprint density at radius 1 is 0.794 bits per heavy atom. The average Bonchev–Trinajstić information content (AvgIpc) is 3.08. The van der Waals surface area contributed by atoms with Crippen LogP contribution >= 0.6 is 0 Å². The first kappa shape index (κ1) is 26.9. The van der Waals surface area contributed by atoms with E-state index in [0.29, 0.717) is 30.6 Å². The molecule has 0 bridgehead atoms. The van der Waals surface area contributed by atoms with E-state index in [9.17, 15) is 20.4 Å². The summed E-state index contributed by atoms with van der Waals surface area (Å²) in [6, 6.07) is 0. The second kappa shape index (κ2) is 8.17. The normalized spacial score (nSPS) is 48.9. The molecule has 0 radical (unpaired) electrons. The molecule has 4 fully saturated rings. The van der Waals surface area contributed by atoms with Gasteiger partial charge in [-0.05, 0) is 130 Å². The summed E-state index contributed by atoms with van der Waals surface area (Å²) in [5.41, 5.74) is -1.22. The highest BCUT2D eigenvalue weighted by Crippen LogP contribution is 2.75. The molecule has 10 atom stereocenters. The molecular weight excluding hydrogens is 424 g/mol. The van der Waals surface area contributed by atoms with E-state index in [0.717, 1.165) is 19.3 Å². The summed E-state index contributed by atoms with van der Waals surface area (Å²) in [7, 11) is 0. The lowest BCUT2D eigenvalue weighted by atomic mass is 9.35. The van der Waals surface area contributed by atoms with Crippen molar-refractivity contribution < 1.29 is 20.4 Å². The molecule has 0 saturated heterocycles. The van der Waals surface area contributed by atoms with Gasteiger partial charge in [-0.15, -0.1) is 0 Å². The van der Waals surface area contributed by atoms with E-state index in [-0.39, 0.29) is 33.7 Å². The lowest BCUT2D eigenvalue weighted by Gasteiger charge is -2.70. The first-order valence-corrected chi connectivity index (χ1v) is 14.2. The van der Waals surface area contributed by atoms with E-state index in [2.05, 4.69) is 34.6 Å². The summed E-state index contributed by atoms with van der Waals surface area (Å²) < 4.78 is 0. The maximum absolute atomic E-state index is 11.7. The molecule has 4 nitrogen and oxygen atoms in total. The van der Waals surface area contributed by atoms with Gasteiger partial charge in [0.25, 0.3) is 0 Å². The number of aliphatic hydroxyl groups is 4. The van der Waals surface area contributed by atoms with E-state index in [1.807, 2.05) is 6.92 Å². The van der Waals surface area contributed by atoms with Crippen molar-refractivity contribution in [2.24, 2.45) is 45.3 Å². The van der Waals surface area contributed by atoms with Crippen LogP contribution in [0.3, 0.4) is 0 Å². The Balaban J connectivity index is 1.58. The van der Waals surface area contributed by atoms with Crippen molar-refractivity contribution in [3.63, 3.8) is 0 Å². The van der Waals surface area contributed by atoms with E-state index >= 15 is 0 Å². The molecule has 0 aromatic rings. The van der Waals surface area contributed by atoms with Gasteiger partial charge in [0, 0.05) is 0 Å². The summed E-state index contributed by atoms with van der Waals surface area (Å²) in [5.74, 6) is 2.00. The zero-order valence-corrected chi connectivity index (χ0v) is 23.3. The molecule has 4 aliphatic rings. The summed E-state index contributed by atoms with van der Waals surface area (Å²) >= 11 is 0. The van der Waals surface area contributed by atoms with Crippen LogP contribution in [-0.4, -0.2) is 43.8 Å². The monoisotopic (exact) mass is 478 g/mol. The Bertz CT molecular complexity index is 768. The SMILES string of the molecule is CC(C)(O)C(O)CC[C@](C)(O)[C@H]1CC[C@@]2(C)[C@H]1CC[C@@H]1[C@@]3(C)CCC(O)C(C)(C)C3CC[C@]12C. The molecule has 0 aromatic carbocycles. The largest absolute Gasteiger partial charge is 0.393 e. The maximum Gasteiger partial charge on any atom is 0.0849 e. The molecule has 3 unspecified atom stereocenters. The number of fused-ring (bicyclic) bond motifs is 5. The van der Waals surface area contributed by atoms with E-state index in [1.54, 1.807) is 13.8 Å². The fraction of sp³-hybridized carbons (Fsp3) is 1.00. The fourth-order valence-corrected chi connectivity index (χ4v) is 10.4. The standard InChI is InChI=1S/C30H54O4/c1-25(2)21-12-17-29(7)22(27(21,5)15-13-23(25)31)10-9-19-20(11-16-28(19,29)6)30(8,34)18-14-24(32)26(3,4)33/h19-24,31-34H,9-18H2,1-8H3/t19-,20-,21?,22+,23?,24?,27-,28-,29+,30-/m0/s1. The molecule has 4 N–H and O–H groups in total. The predicted molar refractivity (Wildman–Crippen MR) is 137 cm³/mol. The molecule has 4 aliphatic carbocycles. The van der Waals surface area contributed by atoms with Crippen LogP contribution in [0.25, 0.3) is 0 Å². The van der Waals surface area contributed by atoms with Crippen LogP contribution in [-0.2, 0) is 0 Å². The van der Waals surface area contributed by atoms with Gasteiger partial charge in [-0.2, -0.15) is 0 Å². The summed E-state index contributed by atoms with van der Waals surface area (Å²) in [6.07, 6.45) is 9.08. The minimum Gasteiger partial charge on any atom is -0.393 e. The van der Waals surface area contributed by atoms with Gasteiger partial charge in [-0.3, -0.25) is 0 Å². The number of hydrogen-bond donors (Lipinski definition) is 4. The van der Waals surface area contributed by atoms with Crippen molar-refractivity contribution in [3.8, 4) is 0 Å². The molecule has 4 heteroatoms. The number of aliphatic hydroxyl groups excluding tert-OH is 2. The zero-order chi connectivity index (χ0) is 25.5. The second-order valence-corrected chi connectivity index (χ2v) is 15.3. The van der Waals surface area contributed by atoms with Gasteiger partial charge in [0.2, 0.25) is 0 Å². The van der Waals surface area contributed by atoms with Crippen LogP contribution in [0.1, 0.15) is 120 Å². The van der Waals surface area contributed by atoms with Crippen molar-refractivity contribution in [3.05, 3.63) is 0 Å². The van der Waals surface area contributed by atoms with Gasteiger partial charge in [0.15, 0.2) is 0 Å². The Kier molecular flexibility index (Phi) is 6.46. The van der Waals surface area contributed by atoms with E-state index in [4.69, 9.17) is 0 Å². The Morgan fingerprint density at radius 3 is 2.03 bits per heavy atom. The second-order valence-electron chi connectivity index (χ2n) is 15.3. The molecule has 4 rings (SSSR count). The molecular formula is C30H54O4. The van der Waals surface area contributed by atoms with Gasteiger partial charge in [-0.1, -0.05) is 34.6 Å². The highest BCUT2D eigenvalue weighted by Gasteiger charge is 2.69. The lowest BCUT2D eigenvalue weighted by Crippen LogP contribution is -2.64. The molecule has 198 valence electrons. The molecule has 0 amide bonds. The maximum atomic E-state index is 11.7. The van der Waals surface area contributed by atoms with E-state index in [1.165, 1.54) is 32.1 Å². The molecule has 0 aliphatic heterocycles. The van der Waals surface area contributed by atoms with Crippen LogP contribution in [0.4, 0.5) is 0 Å². The summed E-state index contributed by atoms with van der Waals surface area (Å²) in [4.78, 5) is 0. The van der Waals surface area contributed by atoms with Crippen molar-refractivity contribution >= 4 is 0 Å². The number of hydrogen-bond acceptors (Lipinski definition) is 4. The number of rotatable bonds is 5. The third kappa shape index (κ3) is 3.75. The van der Waals surface area contributed by atoms with Crippen LogP contribution < -0.4 is 0 Å². The topological polar surface area (TPSA) is 80.9 Å². The molecule has 0 heterocycles. The van der Waals surface area contributed by atoms with Crippen LogP contribution in [0, 0.1) is 45.3 Å². The fourth-order valence-electron chi connectivity index (χ4n) is 10.4. The molecule has 0 spiro atoms.